The van der Waals surface area contributed by atoms with E-state index in [1.807, 2.05) is 18.3 Å². The summed E-state index contributed by atoms with van der Waals surface area (Å²) in [5.41, 5.74) is 2.67. The maximum Gasteiger partial charge on any atom is 0.215 e. The van der Waals surface area contributed by atoms with Gasteiger partial charge in [-0.25, -0.2) is 13.1 Å². The first kappa shape index (κ1) is 12.1. The lowest BCUT2D eigenvalue weighted by Gasteiger charge is -2.18. The first-order chi connectivity index (χ1) is 11.7. The van der Waals surface area contributed by atoms with Crippen molar-refractivity contribution in [2.45, 2.75) is 31.1 Å². The van der Waals surface area contributed by atoms with Gasteiger partial charge in [0.2, 0.25) is 10.0 Å². The fourth-order valence-electron chi connectivity index (χ4n) is 3.08. The Labute approximate surface area is 136 Å². The van der Waals surface area contributed by atoms with Crippen LogP contribution in [0.4, 0.5) is 0 Å². The van der Waals surface area contributed by atoms with Gasteiger partial charge in [0.15, 0.2) is 0 Å². The number of benzene rings is 1. The maximum absolute atomic E-state index is 11.8. The number of hydrogen-bond acceptors (Lipinski definition) is 3. The molecule has 0 unspecified atom stereocenters. The molecule has 1 aliphatic rings. The van der Waals surface area contributed by atoms with Gasteiger partial charge in [-0.05, 0) is 63.1 Å². The SMILES string of the molecule is [3H]C([3H])([3H])N1CCC[C@@H]1Cc1c[nH]c2ccc(CS(=O)(=O)NC)cc12. The molecule has 2 N–H and O–H groups in total. The molecule has 0 spiro atoms. The van der Waals surface area contributed by atoms with E-state index in [1.165, 1.54) is 7.05 Å². The number of likely N-dealkylation sites (N-methyl/N-ethyl adjacent to an activating group) is 1. The molecule has 1 fully saturated rings. The largest absolute Gasteiger partial charge is 0.361 e. The standard InChI is InChI=1S/C16H23N3O2S/c1-17-22(20,21)11-12-5-6-16-15(8-12)13(10-18-16)9-14-4-3-7-19(14)2/h5-6,8,10,14,17-18H,3-4,7,9,11H2,1-2H3/t14-/m1/s1/i2T3. The first-order valence-electron chi connectivity index (χ1n) is 8.96. The quantitative estimate of drug-likeness (QED) is 0.881. The van der Waals surface area contributed by atoms with Crippen LogP contribution in [-0.2, 0) is 22.2 Å². The Morgan fingerprint density at radius 3 is 3.14 bits per heavy atom. The maximum atomic E-state index is 11.8. The van der Waals surface area contributed by atoms with Gasteiger partial charge in [0, 0.05) is 27.3 Å². The van der Waals surface area contributed by atoms with Crippen LogP contribution in [0.2, 0.25) is 0 Å². The van der Waals surface area contributed by atoms with Crippen molar-refractivity contribution in [3.63, 3.8) is 0 Å². The molecule has 1 saturated heterocycles. The fourth-order valence-corrected chi connectivity index (χ4v) is 3.84. The number of fused-ring (bicyclic) bond motifs is 1. The number of likely N-dealkylation sites (tertiary alicyclic amines) is 1. The predicted molar refractivity (Wildman–Crippen MR) is 89.3 cm³/mol. The van der Waals surface area contributed by atoms with Crippen LogP contribution < -0.4 is 4.72 Å². The molecular formula is C16H23N3O2S. The van der Waals surface area contributed by atoms with Gasteiger partial charge < -0.3 is 9.88 Å². The van der Waals surface area contributed by atoms with E-state index in [2.05, 4.69) is 9.71 Å². The molecule has 22 heavy (non-hydrogen) atoms. The normalized spacial score (nSPS) is 22.6. The molecule has 1 aromatic heterocycles. The lowest BCUT2D eigenvalue weighted by molar-refractivity contribution is 0.310. The van der Waals surface area contributed by atoms with Crippen LogP contribution in [0.3, 0.4) is 0 Å². The summed E-state index contributed by atoms with van der Waals surface area (Å²) in [5.74, 6) is -0.0745. The highest BCUT2D eigenvalue weighted by atomic mass is 32.2. The third-order valence-electron chi connectivity index (χ3n) is 4.33. The highest BCUT2D eigenvalue weighted by Gasteiger charge is 2.22. The zero-order chi connectivity index (χ0) is 18.2. The zero-order valence-electron chi connectivity index (χ0n) is 15.6. The van der Waals surface area contributed by atoms with Crippen LogP contribution >= 0.6 is 0 Å². The number of aromatic amines is 1. The summed E-state index contributed by atoms with van der Waals surface area (Å²) in [5, 5.41) is 0.959. The molecule has 1 aliphatic heterocycles. The Morgan fingerprint density at radius 1 is 1.50 bits per heavy atom. The van der Waals surface area contributed by atoms with Gasteiger partial charge in [0.05, 0.1) is 5.75 Å². The van der Waals surface area contributed by atoms with E-state index in [0.717, 1.165) is 29.3 Å². The third kappa shape index (κ3) is 3.19. The predicted octanol–water partition coefficient (Wildman–Crippen LogP) is 1.85. The van der Waals surface area contributed by atoms with Crippen molar-refractivity contribution in [1.82, 2.24) is 14.6 Å². The molecule has 0 amide bonds. The van der Waals surface area contributed by atoms with Gasteiger partial charge in [0.1, 0.15) is 0 Å². The summed E-state index contributed by atoms with van der Waals surface area (Å²) in [6, 6.07) is 5.53. The molecule has 6 heteroatoms. The van der Waals surface area contributed by atoms with E-state index in [1.54, 1.807) is 11.0 Å². The summed E-state index contributed by atoms with van der Waals surface area (Å²) in [6.07, 6.45) is 4.29. The smallest absolute Gasteiger partial charge is 0.215 e. The van der Waals surface area contributed by atoms with Crippen molar-refractivity contribution < 1.29 is 12.5 Å². The minimum Gasteiger partial charge on any atom is -0.361 e. The topological polar surface area (TPSA) is 65.2 Å². The van der Waals surface area contributed by atoms with Gasteiger partial charge >= 0.3 is 0 Å². The summed E-state index contributed by atoms with van der Waals surface area (Å²) in [6.45, 7) is -1.48. The Balaban J connectivity index is 1.87. The van der Waals surface area contributed by atoms with Crippen LogP contribution in [0.5, 0.6) is 0 Å². The minimum atomic E-state index is -3.33. The van der Waals surface area contributed by atoms with E-state index in [0.29, 0.717) is 18.5 Å². The second kappa shape index (κ2) is 6.02. The Hall–Kier alpha value is -1.37. The van der Waals surface area contributed by atoms with Crippen molar-refractivity contribution in [2.75, 3.05) is 20.6 Å². The number of H-pyrrole nitrogens is 1. The fraction of sp³-hybridized carbons (Fsp3) is 0.500. The van der Waals surface area contributed by atoms with Gasteiger partial charge in [-0.1, -0.05) is 6.07 Å². The second-order valence-electron chi connectivity index (χ2n) is 5.85. The number of nitrogens with zero attached hydrogens (tertiary/aromatic N) is 1. The van der Waals surface area contributed by atoms with Crippen LogP contribution in [0.15, 0.2) is 24.4 Å². The third-order valence-corrected chi connectivity index (χ3v) is 5.67. The highest BCUT2D eigenvalue weighted by Crippen LogP contribution is 2.26. The van der Waals surface area contributed by atoms with Gasteiger partial charge in [0.25, 0.3) is 0 Å². The summed E-state index contributed by atoms with van der Waals surface area (Å²) < 4.78 is 48.9. The second-order valence-corrected chi connectivity index (χ2v) is 7.78. The van der Waals surface area contributed by atoms with Gasteiger partial charge in [-0.3, -0.25) is 0 Å². The Morgan fingerprint density at radius 2 is 2.36 bits per heavy atom. The van der Waals surface area contributed by atoms with E-state index < -0.39 is 17.0 Å². The summed E-state index contributed by atoms with van der Waals surface area (Å²) in [7, 11) is -1.93. The zero-order valence-corrected chi connectivity index (χ0v) is 13.4. The van der Waals surface area contributed by atoms with Crippen LogP contribution in [0.25, 0.3) is 10.9 Å². The molecule has 0 radical (unpaired) electrons. The number of sulfonamides is 1. The molecule has 0 saturated carbocycles. The lowest BCUT2D eigenvalue weighted by atomic mass is 10.0. The minimum absolute atomic E-state index is 0.0174. The molecule has 1 aromatic carbocycles. The number of nitrogens with one attached hydrogen (secondary N) is 2. The van der Waals surface area contributed by atoms with Gasteiger partial charge in [-0.15, -0.1) is 0 Å². The Kier molecular flexibility index (Phi) is 3.31. The molecule has 120 valence electrons. The molecule has 0 aliphatic carbocycles. The molecule has 3 rings (SSSR count). The Bertz CT molecular complexity index is 861. The van der Waals surface area contributed by atoms with Crippen molar-refractivity contribution >= 4 is 20.9 Å². The van der Waals surface area contributed by atoms with Crippen molar-refractivity contribution in [1.29, 1.82) is 0 Å². The van der Waals surface area contributed by atoms with Crippen LogP contribution in [0, 0.1) is 0 Å². The highest BCUT2D eigenvalue weighted by molar-refractivity contribution is 7.88. The molecule has 0 bridgehead atoms. The first-order valence-corrected chi connectivity index (χ1v) is 9.12. The molecule has 2 aromatic rings. The van der Waals surface area contributed by atoms with Crippen molar-refractivity contribution in [3.8, 4) is 0 Å². The molecular weight excluding hydrogens is 298 g/mol. The summed E-state index contributed by atoms with van der Waals surface area (Å²) >= 11 is 0. The van der Waals surface area contributed by atoms with Crippen LogP contribution in [-0.4, -0.2) is 44.9 Å². The average Bonchev–Trinajstić information content (AvgIpc) is 3.14. The number of aromatic nitrogens is 1. The lowest BCUT2D eigenvalue weighted by Crippen LogP contribution is -2.26. The van der Waals surface area contributed by atoms with E-state index in [9.17, 15) is 8.42 Å². The van der Waals surface area contributed by atoms with Crippen LogP contribution in [0.1, 0.15) is 28.1 Å². The van der Waals surface area contributed by atoms with E-state index in [-0.39, 0.29) is 11.8 Å². The molecule has 1 atom stereocenters. The van der Waals surface area contributed by atoms with Gasteiger partial charge in [-0.2, -0.15) is 0 Å². The van der Waals surface area contributed by atoms with Crippen molar-refractivity contribution in [3.05, 3.63) is 35.5 Å². The summed E-state index contributed by atoms with van der Waals surface area (Å²) in [4.78, 5) is 4.79. The molecule has 5 nitrogen and oxygen atoms in total. The van der Waals surface area contributed by atoms with E-state index >= 15 is 0 Å². The number of rotatable bonds is 5. The average molecular weight is 327 g/mol. The van der Waals surface area contributed by atoms with Crippen molar-refractivity contribution in [2.24, 2.45) is 0 Å². The molecule has 2 heterocycles. The van der Waals surface area contributed by atoms with E-state index in [4.69, 9.17) is 4.11 Å². The monoisotopic (exact) mass is 327 g/mol. The number of hydrogen-bond donors (Lipinski definition) is 2.